The van der Waals surface area contributed by atoms with Gasteiger partial charge in [0.05, 0.1) is 12.5 Å². The molecule has 1 N–H and O–H groups in total. The van der Waals surface area contributed by atoms with E-state index < -0.39 is 0 Å². The maximum atomic E-state index is 5.41. The van der Waals surface area contributed by atoms with Crippen molar-refractivity contribution in [3.63, 3.8) is 0 Å². The molecular formula is C17H17N3OS. The van der Waals surface area contributed by atoms with Crippen LogP contribution < -0.4 is 10.1 Å². The molecule has 1 aromatic carbocycles. The van der Waals surface area contributed by atoms with Crippen molar-refractivity contribution in [2.24, 2.45) is 0 Å². The zero-order valence-electron chi connectivity index (χ0n) is 12.4. The molecule has 4 nitrogen and oxygen atoms in total. The molecule has 0 amide bonds. The first-order valence-electron chi connectivity index (χ1n) is 7.48. The predicted octanol–water partition coefficient (Wildman–Crippen LogP) is 3.80. The molecule has 0 saturated carbocycles. The lowest BCUT2D eigenvalue weighted by Gasteiger charge is -2.11. The van der Waals surface area contributed by atoms with Gasteiger partial charge in [-0.1, -0.05) is 18.2 Å². The predicted molar refractivity (Wildman–Crippen MR) is 89.8 cm³/mol. The molecule has 0 atom stereocenters. The normalized spacial score (nSPS) is 13.3. The summed E-state index contributed by atoms with van der Waals surface area (Å²) < 4.78 is 5.41. The molecule has 0 saturated heterocycles. The fourth-order valence-electron chi connectivity index (χ4n) is 3.09. The number of fused-ring (bicyclic) bond motifs is 3. The van der Waals surface area contributed by atoms with E-state index in [1.165, 1.54) is 28.7 Å². The number of rotatable bonds is 4. The van der Waals surface area contributed by atoms with Crippen LogP contribution in [0.25, 0.3) is 10.2 Å². The summed E-state index contributed by atoms with van der Waals surface area (Å²) in [6.07, 6.45) is 5.23. The molecule has 2 heterocycles. The molecule has 2 aromatic heterocycles. The average Bonchev–Trinajstić information content (AvgIpc) is 3.13. The van der Waals surface area contributed by atoms with Crippen LogP contribution in [0.2, 0.25) is 0 Å². The molecule has 0 radical (unpaired) electrons. The van der Waals surface area contributed by atoms with Crippen LogP contribution in [0.15, 0.2) is 30.6 Å². The van der Waals surface area contributed by atoms with Gasteiger partial charge in [-0.25, -0.2) is 9.97 Å². The van der Waals surface area contributed by atoms with E-state index in [1.54, 1.807) is 13.4 Å². The number of hydrogen-bond donors (Lipinski definition) is 1. The number of nitrogens with zero attached hydrogens (tertiary/aromatic N) is 2. The van der Waals surface area contributed by atoms with E-state index in [4.69, 9.17) is 4.74 Å². The Balaban J connectivity index is 1.67. The highest BCUT2D eigenvalue weighted by Gasteiger charge is 2.21. The fourth-order valence-corrected chi connectivity index (χ4v) is 4.32. The van der Waals surface area contributed by atoms with Crippen molar-refractivity contribution in [3.05, 3.63) is 46.6 Å². The Morgan fingerprint density at radius 2 is 2.14 bits per heavy atom. The van der Waals surface area contributed by atoms with Crippen molar-refractivity contribution in [2.75, 3.05) is 12.4 Å². The number of aromatic nitrogens is 2. The average molecular weight is 311 g/mol. The zero-order chi connectivity index (χ0) is 14.9. The Hall–Kier alpha value is -2.14. The molecule has 0 spiro atoms. The van der Waals surface area contributed by atoms with Crippen LogP contribution in [-0.4, -0.2) is 17.1 Å². The van der Waals surface area contributed by atoms with Gasteiger partial charge in [-0.2, -0.15) is 0 Å². The van der Waals surface area contributed by atoms with E-state index >= 15 is 0 Å². The van der Waals surface area contributed by atoms with Gasteiger partial charge in [-0.05, 0) is 30.9 Å². The molecule has 1 aliphatic rings. The molecule has 3 aromatic rings. The molecule has 0 aliphatic heterocycles. The second-order valence-corrected chi connectivity index (χ2v) is 6.51. The van der Waals surface area contributed by atoms with Crippen molar-refractivity contribution >= 4 is 27.4 Å². The van der Waals surface area contributed by atoms with Crippen molar-refractivity contribution in [1.82, 2.24) is 9.97 Å². The van der Waals surface area contributed by atoms with E-state index in [-0.39, 0.29) is 0 Å². The minimum absolute atomic E-state index is 0.695. The maximum Gasteiger partial charge on any atom is 0.138 e. The first-order chi connectivity index (χ1) is 10.9. The fraction of sp³-hybridized carbons (Fsp3) is 0.294. The molecule has 5 heteroatoms. The summed E-state index contributed by atoms with van der Waals surface area (Å²) in [5.74, 6) is 1.84. The Labute approximate surface area is 133 Å². The Kier molecular flexibility index (Phi) is 3.42. The lowest BCUT2D eigenvalue weighted by atomic mass is 10.1. The van der Waals surface area contributed by atoms with Crippen LogP contribution in [0.1, 0.15) is 22.4 Å². The first kappa shape index (κ1) is 13.5. The number of benzene rings is 1. The van der Waals surface area contributed by atoms with Crippen LogP contribution in [0.3, 0.4) is 0 Å². The van der Waals surface area contributed by atoms with Gasteiger partial charge in [-0.15, -0.1) is 11.3 Å². The molecule has 22 heavy (non-hydrogen) atoms. The van der Waals surface area contributed by atoms with Crippen LogP contribution in [-0.2, 0) is 19.4 Å². The number of ether oxygens (including phenoxy) is 1. The number of nitrogens with one attached hydrogen (secondary N) is 1. The highest BCUT2D eigenvalue weighted by molar-refractivity contribution is 7.19. The Morgan fingerprint density at radius 1 is 1.23 bits per heavy atom. The third-order valence-electron chi connectivity index (χ3n) is 4.14. The van der Waals surface area contributed by atoms with E-state index in [1.807, 2.05) is 29.5 Å². The molecule has 4 rings (SSSR count). The summed E-state index contributed by atoms with van der Waals surface area (Å²) in [6.45, 7) is 0.695. The standard InChI is InChI=1S/C17H17N3OS/c1-21-13-7-3-2-5-11(13)9-18-16-15-12-6-4-8-14(12)22-17(15)20-10-19-16/h2-3,5,7,10H,4,6,8-9H2,1H3,(H,18,19,20). The minimum atomic E-state index is 0.695. The van der Waals surface area contributed by atoms with Crippen LogP contribution in [0, 0.1) is 0 Å². The molecule has 112 valence electrons. The van der Waals surface area contributed by atoms with Gasteiger partial charge in [0.15, 0.2) is 0 Å². The number of thiophene rings is 1. The van der Waals surface area contributed by atoms with E-state index in [9.17, 15) is 0 Å². The summed E-state index contributed by atoms with van der Waals surface area (Å²) in [5, 5.41) is 4.69. The topological polar surface area (TPSA) is 47.0 Å². The largest absolute Gasteiger partial charge is 0.496 e. The summed E-state index contributed by atoms with van der Waals surface area (Å²) in [4.78, 5) is 11.5. The number of aryl methyl sites for hydroxylation is 2. The quantitative estimate of drug-likeness (QED) is 0.796. The number of anilines is 1. The van der Waals surface area contributed by atoms with Crippen molar-refractivity contribution in [3.8, 4) is 5.75 Å². The molecule has 0 bridgehead atoms. The summed E-state index contributed by atoms with van der Waals surface area (Å²) in [6, 6.07) is 8.06. The first-order valence-corrected chi connectivity index (χ1v) is 8.29. The summed E-state index contributed by atoms with van der Waals surface area (Å²) >= 11 is 1.81. The van der Waals surface area contributed by atoms with Crippen molar-refractivity contribution in [1.29, 1.82) is 0 Å². The van der Waals surface area contributed by atoms with Crippen LogP contribution in [0.4, 0.5) is 5.82 Å². The summed E-state index contributed by atoms with van der Waals surface area (Å²) in [5.41, 5.74) is 2.58. The third kappa shape index (κ3) is 2.22. The van der Waals surface area contributed by atoms with Gasteiger partial charge in [0.2, 0.25) is 0 Å². The van der Waals surface area contributed by atoms with Gasteiger partial charge in [0.25, 0.3) is 0 Å². The number of para-hydroxylation sites is 1. The SMILES string of the molecule is COc1ccccc1CNc1ncnc2sc3c(c12)CCC3. The van der Waals surface area contributed by atoms with Gasteiger partial charge in [0.1, 0.15) is 22.7 Å². The van der Waals surface area contributed by atoms with Crippen molar-refractivity contribution < 1.29 is 4.74 Å². The van der Waals surface area contributed by atoms with Gasteiger partial charge in [-0.3, -0.25) is 0 Å². The zero-order valence-corrected chi connectivity index (χ0v) is 13.2. The van der Waals surface area contributed by atoms with E-state index in [2.05, 4.69) is 21.4 Å². The van der Waals surface area contributed by atoms with Gasteiger partial charge in [0, 0.05) is 17.0 Å². The minimum Gasteiger partial charge on any atom is -0.496 e. The van der Waals surface area contributed by atoms with Crippen LogP contribution in [0.5, 0.6) is 5.75 Å². The smallest absolute Gasteiger partial charge is 0.138 e. The molecular weight excluding hydrogens is 294 g/mol. The highest BCUT2D eigenvalue weighted by Crippen LogP contribution is 2.39. The number of hydrogen-bond acceptors (Lipinski definition) is 5. The van der Waals surface area contributed by atoms with Crippen LogP contribution >= 0.6 is 11.3 Å². The second-order valence-electron chi connectivity index (χ2n) is 5.43. The lowest BCUT2D eigenvalue weighted by Crippen LogP contribution is -2.04. The summed E-state index contributed by atoms with van der Waals surface area (Å²) in [7, 11) is 1.70. The molecule has 0 fully saturated rings. The molecule has 0 unspecified atom stereocenters. The monoisotopic (exact) mass is 311 g/mol. The Bertz CT molecular complexity index is 828. The van der Waals surface area contributed by atoms with Gasteiger partial charge < -0.3 is 10.1 Å². The highest BCUT2D eigenvalue weighted by atomic mass is 32.1. The third-order valence-corrected chi connectivity index (χ3v) is 5.34. The second kappa shape index (κ2) is 5.57. The molecule has 1 aliphatic carbocycles. The maximum absolute atomic E-state index is 5.41. The Morgan fingerprint density at radius 3 is 3.05 bits per heavy atom. The van der Waals surface area contributed by atoms with E-state index in [0.29, 0.717) is 6.54 Å². The van der Waals surface area contributed by atoms with E-state index in [0.717, 1.165) is 28.4 Å². The lowest BCUT2D eigenvalue weighted by molar-refractivity contribution is 0.410. The number of methoxy groups -OCH3 is 1. The van der Waals surface area contributed by atoms with Crippen molar-refractivity contribution in [2.45, 2.75) is 25.8 Å². The van der Waals surface area contributed by atoms with Gasteiger partial charge >= 0.3 is 0 Å².